The molecular weight excluding hydrogens is 294 g/mol. The lowest BCUT2D eigenvalue weighted by atomic mass is 9.98. The molecule has 0 bridgehead atoms. The lowest BCUT2D eigenvalue weighted by molar-refractivity contribution is 0.514. The largest absolute Gasteiger partial charge is 0.508 e. The molecule has 0 aliphatic rings. The van der Waals surface area contributed by atoms with Crippen molar-refractivity contribution in [1.29, 1.82) is 0 Å². The van der Waals surface area contributed by atoms with E-state index in [1.165, 1.54) is 11.3 Å². The first-order chi connectivity index (χ1) is 11.7. The molecular formula is C22H23NO. The smallest absolute Gasteiger partial charge is 0.117 e. The zero-order chi connectivity index (χ0) is 17.1. The Labute approximate surface area is 143 Å². The number of hydrogen-bond acceptors (Lipinski definition) is 1. The zero-order valence-corrected chi connectivity index (χ0v) is 14.3. The number of aliphatic hydroxyl groups excluding tert-OH is 1. The highest BCUT2D eigenvalue weighted by molar-refractivity contribution is 5.81. The Morgan fingerprint density at radius 2 is 1.62 bits per heavy atom. The SMILES string of the molecule is C=C(O)c1cn(-c2ccccc2)c(CC)c1-c1ccc(CC)cc1. The van der Waals surface area contributed by atoms with E-state index in [0.717, 1.165) is 35.2 Å². The Bertz CT molecular complexity index is 842. The Kier molecular flexibility index (Phi) is 4.57. The number of aromatic nitrogens is 1. The van der Waals surface area contributed by atoms with Gasteiger partial charge in [0, 0.05) is 28.7 Å². The van der Waals surface area contributed by atoms with E-state index in [-0.39, 0.29) is 5.76 Å². The second-order valence-corrected chi connectivity index (χ2v) is 5.92. The Morgan fingerprint density at radius 3 is 2.17 bits per heavy atom. The molecule has 0 unspecified atom stereocenters. The Balaban J connectivity index is 2.23. The fourth-order valence-corrected chi connectivity index (χ4v) is 3.16. The molecule has 0 fully saturated rings. The lowest BCUT2D eigenvalue weighted by Gasteiger charge is -2.11. The normalized spacial score (nSPS) is 10.8. The minimum absolute atomic E-state index is 0.106. The van der Waals surface area contributed by atoms with Crippen LogP contribution in [0.5, 0.6) is 0 Å². The first-order valence-corrected chi connectivity index (χ1v) is 8.42. The topological polar surface area (TPSA) is 25.2 Å². The maximum atomic E-state index is 10.1. The molecule has 3 rings (SSSR count). The third-order valence-electron chi connectivity index (χ3n) is 4.44. The molecule has 2 aromatic carbocycles. The number of para-hydroxylation sites is 1. The molecule has 2 heteroatoms. The van der Waals surface area contributed by atoms with Crippen LogP contribution in [-0.4, -0.2) is 9.67 Å². The molecule has 0 aliphatic carbocycles. The third kappa shape index (κ3) is 2.88. The summed E-state index contributed by atoms with van der Waals surface area (Å²) in [5.74, 6) is 0.106. The lowest BCUT2D eigenvalue weighted by Crippen LogP contribution is -1.98. The summed E-state index contributed by atoms with van der Waals surface area (Å²) in [6.45, 7) is 8.06. The van der Waals surface area contributed by atoms with Crippen molar-refractivity contribution < 1.29 is 5.11 Å². The van der Waals surface area contributed by atoms with E-state index in [4.69, 9.17) is 0 Å². The van der Waals surface area contributed by atoms with Crippen molar-refractivity contribution in [2.24, 2.45) is 0 Å². The van der Waals surface area contributed by atoms with Crippen LogP contribution in [0, 0.1) is 0 Å². The molecule has 1 N–H and O–H groups in total. The van der Waals surface area contributed by atoms with E-state index < -0.39 is 0 Å². The summed E-state index contributed by atoms with van der Waals surface area (Å²) in [5.41, 5.74) is 6.55. The summed E-state index contributed by atoms with van der Waals surface area (Å²) in [4.78, 5) is 0. The van der Waals surface area contributed by atoms with Crippen molar-refractivity contribution in [3.05, 3.63) is 84.2 Å². The van der Waals surface area contributed by atoms with Crippen molar-refractivity contribution in [3.8, 4) is 16.8 Å². The summed E-state index contributed by atoms with van der Waals surface area (Å²) in [6, 6.07) is 18.8. The Hall–Kier alpha value is -2.74. The standard InChI is InChI=1S/C22H23NO/c1-4-17-11-13-18(14-12-17)22-20(16(3)24)15-23(21(22)5-2)19-9-7-6-8-10-19/h6-15,24H,3-5H2,1-2H3. The van der Waals surface area contributed by atoms with Crippen molar-refractivity contribution in [1.82, 2.24) is 4.57 Å². The van der Waals surface area contributed by atoms with Crippen LogP contribution in [0.3, 0.4) is 0 Å². The molecule has 0 saturated heterocycles. The summed E-state index contributed by atoms with van der Waals surface area (Å²) >= 11 is 0. The molecule has 0 atom stereocenters. The molecule has 3 aromatic rings. The molecule has 0 amide bonds. The minimum atomic E-state index is 0.106. The second-order valence-electron chi connectivity index (χ2n) is 5.92. The minimum Gasteiger partial charge on any atom is -0.508 e. The van der Waals surface area contributed by atoms with Gasteiger partial charge < -0.3 is 9.67 Å². The van der Waals surface area contributed by atoms with Crippen molar-refractivity contribution >= 4 is 5.76 Å². The maximum Gasteiger partial charge on any atom is 0.117 e. The molecule has 0 radical (unpaired) electrons. The van der Waals surface area contributed by atoms with Gasteiger partial charge in [0.15, 0.2) is 0 Å². The van der Waals surface area contributed by atoms with E-state index in [1.54, 1.807) is 0 Å². The van der Waals surface area contributed by atoms with E-state index >= 15 is 0 Å². The highest BCUT2D eigenvalue weighted by Crippen LogP contribution is 2.35. The van der Waals surface area contributed by atoms with Crippen LogP contribution in [0.1, 0.15) is 30.7 Å². The zero-order valence-electron chi connectivity index (χ0n) is 14.3. The Morgan fingerprint density at radius 1 is 0.958 bits per heavy atom. The molecule has 0 aliphatic heterocycles. The van der Waals surface area contributed by atoms with Gasteiger partial charge in [-0.3, -0.25) is 0 Å². The van der Waals surface area contributed by atoms with Crippen molar-refractivity contribution in [2.75, 3.05) is 0 Å². The fourth-order valence-electron chi connectivity index (χ4n) is 3.16. The fraction of sp³-hybridized carbons (Fsp3) is 0.182. The van der Waals surface area contributed by atoms with Crippen LogP contribution < -0.4 is 0 Å². The van der Waals surface area contributed by atoms with Gasteiger partial charge in [-0.05, 0) is 36.1 Å². The van der Waals surface area contributed by atoms with E-state index in [2.05, 4.69) is 61.4 Å². The quantitative estimate of drug-likeness (QED) is 0.591. The number of hydrogen-bond donors (Lipinski definition) is 1. The monoisotopic (exact) mass is 317 g/mol. The average molecular weight is 317 g/mol. The molecule has 1 heterocycles. The van der Waals surface area contributed by atoms with Crippen molar-refractivity contribution in [3.63, 3.8) is 0 Å². The van der Waals surface area contributed by atoms with Gasteiger partial charge >= 0.3 is 0 Å². The number of rotatable bonds is 5. The predicted octanol–water partition coefficient (Wildman–Crippen LogP) is 5.80. The molecule has 122 valence electrons. The molecule has 2 nitrogen and oxygen atoms in total. The van der Waals surface area contributed by atoms with Crippen LogP contribution in [0.25, 0.3) is 22.6 Å². The highest BCUT2D eigenvalue weighted by atomic mass is 16.3. The van der Waals surface area contributed by atoms with E-state index in [1.807, 2.05) is 24.4 Å². The number of nitrogens with zero attached hydrogens (tertiary/aromatic N) is 1. The predicted molar refractivity (Wildman–Crippen MR) is 102 cm³/mol. The van der Waals surface area contributed by atoms with Gasteiger partial charge in [0.2, 0.25) is 0 Å². The van der Waals surface area contributed by atoms with Gasteiger partial charge in [0.25, 0.3) is 0 Å². The second kappa shape index (κ2) is 6.79. The summed E-state index contributed by atoms with van der Waals surface area (Å²) in [5, 5.41) is 10.1. The van der Waals surface area contributed by atoms with Gasteiger partial charge in [0.1, 0.15) is 5.76 Å². The summed E-state index contributed by atoms with van der Waals surface area (Å²) in [6.07, 6.45) is 3.87. The van der Waals surface area contributed by atoms with Crippen LogP contribution in [0.4, 0.5) is 0 Å². The van der Waals surface area contributed by atoms with Gasteiger partial charge in [-0.25, -0.2) is 0 Å². The highest BCUT2D eigenvalue weighted by Gasteiger charge is 2.18. The summed E-state index contributed by atoms with van der Waals surface area (Å²) in [7, 11) is 0. The maximum absolute atomic E-state index is 10.1. The first kappa shape index (κ1) is 16.1. The number of benzene rings is 2. The summed E-state index contributed by atoms with van der Waals surface area (Å²) < 4.78 is 2.15. The van der Waals surface area contributed by atoms with Crippen LogP contribution in [0.15, 0.2) is 67.4 Å². The van der Waals surface area contributed by atoms with Gasteiger partial charge in [-0.2, -0.15) is 0 Å². The molecule has 0 saturated carbocycles. The molecule has 1 aromatic heterocycles. The number of aliphatic hydroxyl groups is 1. The van der Waals surface area contributed by atoms with Gasteiger partial charge in [-0.1, -0.05) is 62.9 Å². The van der Waals surface area contributed by atoms with Crippen LogP contribution >= 0.6 is 0 Å². The van der Waals surface area contributed by atoms with Crippen molar-refractivity contribution in [2.45, 2.75) is 26.7 Å². The number of aryl methyl sites for hydroxylation is 1. The average Bonchev–Trinajstić information content (AvgIpc) is 3.02. The third-order valence-corrected chi connectivity index (χ3v) is 4.44. The van der Waals surface area contributed by atoms with Gasteiger partial charge in [0.05, 0.1) is 0 Å². The van der Waals surface area contributed by atoms with E-state index in [0.29, 0.717) is 0 Å². The van der Waals surface area contributed by atoms with Gasteiger partial charge in [-0.15, -0.1) is 0 Å². The van der Waals surface area contributed by atoms with Crippen LogP contribution in [0.2, 0.25) is 0 Å². The van der Waals surface area contributed by atoms with E-state index in [9.17, 15) is 5.11 Å². The molecule has 24 heavy (non-hydrogen) atoms. The van der Waals surface area contributed by atoms with Crippen LogP contribution in [-0.2, 0) is 12.8 Å². The first-order valence-electron chi connectivity index (χ1n) is 8.42. The molecule has 0 spiro atoms.